The van der Waals surface area contributed by atoms with Crippen LogP contribution in [0.4, 0.5) is 0 Å². The minimum atomic E-state index is 0.225. The molecule has 1 saturated carbocycles. The largest absolute Gasteiger partial charge is 0.296 e. The van der Waals surface area contributed by atoms with Gasteiger partial charge in [0.25, 0.3) is 0 Å². The third kappa shape index (κ3) is 2.87. The summed E-state index contributed by atoms with van der Waals surface area (Å²) in [5, 5.41) is 0. The zero-order chi connectivity index (χ0) is 14.7. The van der Waals surface area contributed by atoms with Crippen LogP contribution in [0.15, 0.2) is 24.3 Å². The number of benzene rings is 1. The number of nitrogens with one attached hydrogen (secondary N) is 1. The number of nitrogens with two attached hydrogens (primary N) is 1. The maximum atomic E-state index is 6.05. The third-order valence-electron chi connectivity index (χ3n) is 5.53. The Labute approximate surface area is 128 Å². The van der Waals surface area contributed by atoms with Crippen molar-refractivity contribution in [1.29, 1.82) is 0 Å². The molecule has 3 rings (SSSR count). The number of piperidine rings is 1. The van der Waals surface area contributed by atoms with E-state index in [4.69, 9.17) is 5.84 Å². The lowest BCUT2D eigenvalue weighted by Gasteiger charge is -2.48. The Balaban J connectivity index is 1.93. The number of hydrogen-bond donors (Lipinski definition) is 2. The Morgan fingerprint density at radius 1 is 1.10 bits per heavy atom. The highest BCUT2D eigenvalue weighted by Gasteiger charge is 2.46. The SMILES string of the molecule is Cc1cccc(C(NN)C2(N3CCCCC3)CCCC2)c1. The molecule has 3 nitrogen and oxygen atoms in total. The van der Waals surface area contributed by atoms with Crippen LogP contribution in [0.25, 0.3) is 0 Å². The summed E-state index contributed by atoms with van der Waals surface area (Å²) >= 11 is 0. The summed E-state index contributed by atoms with van der Waals surface area (Å²) in [7, 11) is 0. The third-order valence-corrected chi connectivity index (χ3v) is 5.53. The molecule has 1 aliphatic heterocycles. The van der Waals surface area contributed by atoms with E-state index in [9.17, 15) is 0 Å². The second kappa shape index (κ2) is 6.47. The molecule has 1 saturated heterocycles. The van der Waals surface area contributed by atoms with E-state index in [0.717, 1.165) is 0 Å². The van der Waals surface area contributed by atoms with Crippen LogP contribution in [0.3, 0.4) is 0 Å². The van der Waals surface area contributed by atoms with Crippen LogP contribution in [0, 0.1) is 6.92 Å². The highest BCUT2D eigenvalue weighted by molar-refractivity contribution is 5.28. The molecule has 1 aromatic rings. The van der Waals surface area contributed by atoms with Gasteiger partial charge in [-0.3, -0.25) is 16.2 Å². The van der Waals surface area contributed by atoms with Crippen molar-refractivity contribution in [2.75, 3.05) is 13.1 Å². The molecule has 116 valence electrons. The molecule has 2 fully saturated rings. The number of rotatable bonds is 4. The lowest BCUT2D eigenvalue weighted by molar-refractivity contribution is 0.0360. The quantitative estimate of drug-likeness (QED) is 0.659. The Morgan fingerprint density at radius 2 is 1.81 bits per heavy atom. The van der Waals surface area contributed by atoms with E-state index in [-0.39, 0.29) is 11.6 Å². The number of nitrogens with zero attached hydrogens (tertiary/aromatic N) is 1. The first-order chi connectivity index (χ1) is 10.3. The Bertz CT molecular complexity index is 459. The Morgan fingerprint density at radius 3 is 2.43 bits per heavy atom. The van der Waals surface area contributed by atoms with Crippen molar-refractivity contribution < 1.29 is 0 Å². The van der Waals surface area contributed by atoms with Gasteiger partial charge in [-0.15, -0.1) is 0 Å². The molecule has 0 bridgehead atoms. The summed E-state index contributed by atoms with van der Waals surface area (Å²) in [5.74, 6) is 6.05. The molecule has 1 aliphatic carbocycles. The number of hydrogen-bond acceptors (Lipinski definition) is 3. The average molecular weight is 287 g/mol. The van der Waals surface area contributed by atoms with Crippen molar-refractivity contribution in [2.24, 2.45) is 5.84 Å². The van der Waals surface area contributed by atoms with Gasteiger partial charge in [-0.05, 0) is 51.3 Å². The van der Waals surface area contributed by atoms with Crippen LogP contribution in [0.1, 0.15) is 62.1 Å². The van der Waals surface area contributed by atoms with Gasteiger partial charge in [0.05, 0.1) is 6.04 Å². The summed E-state index contributed by atoms with van der Waals surface area (Å²) < 4.78 is 0. The van der Waals surface area contributed by atoms with Crippen molar-refractivity contribution in [3.8, 4) is 0 Å². The molecule has 0 radical (unpaired) electrons. The standard InChI is InChI=1S/C18H29N3/c1-15-8-7-9-16(14-15)17(20-19)18(10-3-4-11-18)21-12-5-2-6-13-21/h7-9,14,17,20H,2-6,10-13,19H2,1H3. The molecule has 3 heteroatoms. The molecule has 3 N–H and O–H groups in total. The molecule has 1 heterocycles. The van der Waals surface area contributed by atoms with Crippen molar-refractivity contribution in [2.45, 2.75) is 63.5 Å². The van der Waals surface area contributed by atoms with Crippen molar-refractivity contribution >= 4 is 0 Å². The fourth-order valence-electron chi connectivity index (χ4n) is 4.53. The predicted molar refractivity (Wildman–Crippen MR) is 87.9 cm³/mol. The maximum Gasteiger partial charge on any atom is 0.0644 e. The van der Waals surface area contributed by atoms with Crippen LogP contribution in [-0.2, 0) is 0 Å². The smallest absolute Gasteiger partial charge is 0.0644 e. The molecule has 1 atom stereocenters. The number of likely N-dealkylation sites (tertiary alicyclic amines) is 1. The van der Waals surface area contributed by atoms with Gasteiger partial charge in [0.15, 0.2) is 0 Å². The van der Waals surface area contributed by atoms with Gasteiger partial charge in [-0.2, -0.15) is 0 Å². The predicted octanol–water partition coefficient (Wildman–Crippen LogP) is 3.30. The molecule has 0 aromatic heterocycles. The first-order valence-corrected chi connectivity index (χ1v) is 8.54. The number of aryl methyl sites for hydroxylation is 1. The minimum Gasteiger partial charge on any atom is -0.296 e. The van der Waals surface area contributed by atoms with Gasteiger partial charge in [0.2, 0.25) is 0 Å². The molecule has 1 unspecified atom stereocenters. The molecular formula is C18H29N3. The topological polar surface area (TPSA) is 41.3 Å². The highest BCUT2D eigenvalue weighted by Crippen LogP contribution is 2.45. The first-order valence-electron chi connectivity index (χ1n) is 8.54. The van der Waals surface area contributed by atoms with Crippen LogP contribution in [-0.4, -0.2) is 23.5 Å². The van der Waals surface area contributed by atoms with E-state index < -0.39 is 0 Å². The summed E-state index contributed by atoms with van der Waals surface area (Å²) in [6.45, 7) is 4.65. The van der Waals surface area contributed by atoms with Crippen LogP contribution in [0.5, 0.6) is 0 Å². The zero-order valence-electron chi connectivity index (χ0n) is 13.3. The molecule has 21 heavy (non-hydrogen) atoms. The van der Waals surface area contributed by atoms with Crippen LogP contribution < -0.4 is 11.3 Å². The van der Waals surface area contributed by atoms with E-state index in [1.807, 2.05) is 0 Å². The summed E-state index contributed by atoms with van der Waals surface area (Å²) in [6, 6.07) is 9.11. The van der Waals surface area contributed by atoms with Gasteiger partial charge in [0, 0.05) is 5.54 Å². The second-order valence-electron chi connectivity index (χ2n) is 6.87. The van der Waals surface area contributed by atoms with Crippen LogP contribution in [0.2, 0.25) is 0 Å². The molecule has 2 aliphatic rings. The molecule has 0 amide bonds. The van der Waals surface area contributed by atoms with E-state index in [0.29, 0.717) is 0 Å². The van der Waals surface area contributed by atoms with E-state index in [1.54, 1.807) is 0 Å². The van der Waals surface area contributed by atoms with Crippen molar-refractivity contribution in [3.05, 3.63) is 35.4 Å². The maximum absolute atomic E-state index is 6.05. The summed E-state index contributed by atoms with van der Waals surface area (Å²) in [6.07, 6.45) is 9.28. The zero-order valence-corrected chi connectivity index (χ0v) is 13.3. The van der Waals surface area contributed by atoms with E-state index in [1.165, 1.54) is 69.2 Å². The van der Waals surface area contributed by atoms with Gasteiger partial charge in [-0.25, -0.2) is 0 Å². The molecule has 0 spiro atoms. The average Bonchev–Trinajstić information content (AvgIpc) is 3.00. The van der Waals surface area contributed by atoms with Crippen molar-refractivity contribution in [3.63, 3.8) is 0 Å². The van der Waals surface area contributed by atoms with E-state index in [2.05, 4.69) is 41.5 Å². The summed E-state index contributed by atoms with van der Waals surface area (Å²) in [5.41, 5.74) is 6.08. The van der Waals surface area contributed by atoms with E-state index >= 15 is 0 Å². The Hall–Kier alpha value is -0.900. The summed E-state index contributed by atoms with van der Waals surface area (Å²) in [4.78, 5) is 2.75. The van der Waals surface area contributed by atoms with Gasteiger partial charge < -0.3 is 0 Å². The fourth-order valence-corrected chi connectivity index (χ4v) is 4.53. The Kier molecular flexibility index (Phi) is 4.63. The molecular weight excluding hydrogens is 258 g/mol. The van der Waals surface area contributed by atoms with Crippen LogP contribution >= 0.6 is 0 Å². The van der Waals surface area contributed by atoms with Gasteiger partial charge >= 0.3 is 0 Å². The molecule has 1 aromatic carbocycles. The number of hydrazine groups is 1. The minimum absolute atomic E-state index is 0.225. The highest BCUT2D eigenvalue weighted by atomic mass is 15.3. The normalized spacial score (nSPS) is 24.1. The van der Waals surface area contributed by atoms with Crippen molar-refractivity contribution in [1.82, 2.24) is 10.3 Å². The van der Waals surface area contributed by atoms with Gasteiger partial charge in [-0.1, -0.05) is 49.1 Å². The second-order valence-corrected chi connectivity index (χ2v) is 6.87. The lowest BCUT2D eigenvalue weighted by atomic mass is 9.81. The fraction of sp³-hybridized carbons (Fsp3) is 0.667. The monoisotopic (exact) mass is 287 g/mol. The lowest BCUT2D eigenvalue weighted by Crippen LogP contribution is -2.57. The van der Waals surface area contributed by atoms with Gasteiger partial charge in [0.1, 0.15) is 0 Å². The first kappa shape index (κ1) is 15.0.